The first-order valence-electron chi connectivity index (χ1n) is 8.74. The van der Waals surface area contributed by atoms with Crippen LogP contribution in [0.5, 0.6) is 0 Å². The van der Waals surface area contributed by atoms with Crippen molar-refractivity contribution in [3.63, 3.8) is 0 Å². The summed E-state index contributed by atoms with van der Waals surface area (Å²) in [4.78, 5) is 20.7. The topological polar surface area (TPSA) is 80.0 Å². The largest absolute Gasteiger partial charge is 0.435 e. The van der Waals surface area contributed by atoms with Gasteiger partial charge in [0, 0.05) is 5.41 Å². The van der Waals surface area contributed by atoms with Gasteiger partial charge in [-0.3, -0.25) is 5.32 Å². The van der Waals surface area contributed by atoms with Crippen molar-refractivity contribution in [3.8, 4) is 11.8 Å². The highest BCUT2D eigenvalue weighted by molar-refractivity contribution is 7.16. The van der Waals surface area contributed by atoms with Crippen molar-refractivity contribution in [1.82, 2.24) is 9.97 Å². The first-order chi connectivity index (χ1) is 13.8. The molecular weight excluding hydrogens is 398 g/mol. The molecule has 9 heteroatoms. The van der Waals surface area contributed by atoms with E-state index in [0.717, 1.165) is 35.7 Å². The first-order valence-corrected chi connectivity index (χ1v) is 9.56. The highest BCUT2D eigenvalue weighted by atomic mass is 32.1. The van der Waals surface area contributed by atoms with Crippen molar-refractivity contribution >= 4 is 28.2 Å². The molecular formula is C20H18F2N4O2S. The monoisotopic (exact) mass is 416 g/mol. The molecule has 0 spiro atoms. The number of urea groups is 1. The Kier molecular flexibility index (Phi) is 5.94. The Morgan fingerprint density at radius 1 is 1.17 bits per heavy atom. The van der Waals surface area contributed by atoms with Gasteiger partial charge in [-0.25, -0.2) is 23.5 Å². The molecule has 0 fully saturated rings. The third-order valence-electron chi connectivity index (χ3n) is 4.28. The molecule has 1 aromatic carbocycles. The number of anilines is 2. The molecule has 0 aliphatic heterocycles. The van der Waals surface area contributed by atoms with Crippen LogP contribution in [0.1, 0.15) is 43.7 Å². The van der Waals surface area contributed by atoms with Crippen LogP contribution in [0.2, 0.25) is 0 Å². The van der Waals surface area contributed by atoms with E-state index in [-0.39, 0.29) is 16.4 Å². The lowest BCUT2D eigenvalue weighted by atomic mass is 9.88. The quantitative estimate of drug-likeness (QED) is 0.577. The molecule has 3 rings (SSSR count). The van der Waals surface area contributed by atoms with Gasteiger partial charge in [-0.15, -0.1) is 0 Å². The number of hydrogen-bond acceptors (Lipinski definition) is 5. The van der Waals surface area contributed by atoms with Crippen LogP contribution in [0.3, 0.4) is 0 Å². The molecule has 29 heavy (non-hydrogen) atoms. The van der Waals surface area contributed by atoms with Crippen molar-refractivity contribution < 1.29 is 18.0 Å². The minimum absolute atomic E-state index is 0.125. The van der Waals surface area contributed by atoms with Crippen molar-refractivity contribution in [3.05, 3.63) is 58.8 Å². The van der Waals surface area contributed by atoms with Gasteiger partial charge < -0.3 is 9.73 Å². The second-order valence-electron chi connectivity index (χ2n) is 6.72. The van der Waals surface area contributed by atoms with Gasteiger partial charge >= 0.3 is 6.03 Å². The van der Waals surface area contributed by atoms with Gasteiger partial charge in [0.05, 0.1) is 17.3 Å². The number of amides is 2. The van der Waals surface area contributed by atoms with Gasteiger partial charge in [-0.2, -0.15) is 0 Å². The highest BCUT2D eigenvalue weighted by Crippen LogP contribution is 2.27. The molecule has 0 aliphatic rings. The molecule has 0 radical (unpaired) electrons. The first kappa shape index (κ1) is 20.5. The second-order valence-corrected chi connectivity index (χ2v) is 7.75. The Bertz CT molecular complexity index is 1080. The maximum atomic E-state index is 13.6. The number of halogens is 2. The van der Waals surface area contributed by atoms with E-state index >= 15 is 0 Å². The van der Waals surface area contributed by atoms with E-state index < -0.39 is 23.4 Å². The van der Waals surface area contributed by atoms with Gasteiger partial charge in [0.1, 0.15) is 23.1 Å². The van der Waals surface area contributed by atoms with E-state index in [2.05, 4.69) is 53.2 Å². The average molecular weight is 416 g/mol. The zero-order valence-electron chi connectivity index (χ0n) is 16.0. The molecule has 6 nitrogen and oxygen atoms in total. The number of aromatic nitrogens is 2. The number of para-hydroxylation sites is 1. The zero-order valence-corrected chi connectivity index (χ0v) is 16.8. The molecule has 0 unspecified atom stereocenters. The lowest BCUT2D eigenvalue weighted by Crippen LogP contribution is -2.20. The number of carbonyl (C=O) groups is 1. The molecule has 150 valence electrons. The fraction of sp³-hybridized carbons (Fsp3) is 0.250. The SMILES string of the molecule is CCC(C)(C)c1cnc(C#Cc2cnc(NC(=O)Nc3c(F)cccc3F)s2)o1. The molecule has 2 amide bonds. The number of rotatable bonds is 4. The maximum absolute atomic E-state index is 13.6. The van der Waals surface area contributed by atoms with E-state index in [1.807, 2.05) is 0 Å². The van der Waals surface area contributed by atoms with Gasteiger partial charge in [0.25, 0.3) is 5.89 Å². The van der Waals surface area contributed by atoms with Crippen molar-refractivity contribution in [2.24, 2.45) is 0 Å². The van der Waals surface area contributed by atoms with Crippen LogP contribution in [0.25, 0.3) is 0 Å². The van der Waals surface area contributed by atoms with Crippen LogP contribution >= 0.6 is 11.3 Å². The van der Waals surface area contributed by atoms with Crippen molar-refractivity contribution in [2.75, 3.05) is 10.6 Å². The molecule has 2 heterocycles. The van der Waals surface area contributed by atoms with Gasteiger partial charge in [0.2, 0.25) is 0 Å². The van der Waals surface area contributed by atoms with E-state index in [1.165, 1.54) is 12.3 Å². The third-order valence-corrected chi connectivity index (χ3v) is 5.10. The van der Waals surface area contributed by atoms with Crippen LogP contribution in [-0.2, 0) is 5.41 Å². The Morgan fingerprint density at radius 3 is 2.59 bits per heavy atom. The van der Waals surface area contributed by atoms with Crippen LogP contribution < -0.4 is 10.6 Å². The maximum Gasteiger partial charge on any atom is 0.325 e. The summed E-state index contributed by atoms with van der Waals surface area (Å²) in [6, 6.07) is 2.48. The van der Waals surface area contributed by atoms with E-state index in [4.69, 9.17) is 4.42 Å². The van der Waals surface area contributed by atoms with Gasteiger partial charge in [-0.1, -0.05) is 38.2 Å². The standard InChI is InChI=1S/C20H18F2N4O2S/c1-4-20(2,3)15-11-23-16(28-15)9-8-12-10-24-19(29-12)26-18(27)25-17-13(21)6-5-7-14(17)22/h5-7,10-11H,4H2,1-3H3,(H2,24,25,26,27). The normalized spacial score (nSPS) is 10.9. The predicted octanol–water partition coefficient (Wildman–Crippen LogP) is 5.14. The number of nitrogens with one attached hydrogen (secondary N) is 2. The summed E-state index contributed by atoms with van der Waals surface area (Å²) in [7, 11) is 0. The number of thiazole rings is 1. The molecule has 0 aliphatic carbocycles. The number of benzene rings is 1. The summed E-state index contributed by atoms with van der Waals surface area (Å²) in [5, 5.41) is 4.76. The molecule has 0 atom stereocenters. The van der Waals surface area contributed by atoms with Gasteiger partial charge in [0.15, 0.2) is 5.13 Å². The summed E-state index contributed by atoms with van der Waals surface area (Å²) < 4.78 is 32.8. The molecule has 0 saturated heterocycles. The number of hydrogen-bond donors (Lipinski definition) is 2. The van der Waals surface area contributed by atoms with Crippen molar-refractivity contribution in [1.29, 1.82) is 0 Å². The Morgan fingerprint density at radius 2 is 1.90 bits per heavy atom. The van der Waals surface area contributed by atoms with E-state index in [9.17, 15) is 13.6 Å². The Labute approximate surface area is 170 Å². The number of carbonyl (C=O) groups excluding carboxylic acids is 1. The zero-order chi connectivity index (χ0) is 21.0. The van der Waals surface area contributed by atoms with Crippen LogP contribution in [0, 0.1) is 23.5 Å². The van der Waals surface area contributed by atoms with E-state index in [0.29, 0.717) is 4.88 Å². The van der Waals surface area contributed by atoms with E-state index in [1.54, 1.807) is 6.20 Å². The second kappa shape index (κ2) is 8.41. The van der Waals surface area contributed by atoms with Gasteiger partial charge in [-0.05, 0) is 30.4 Å². The molecule has 2 N–H and O–H groups in total. The van der Waals surface area contributed by atoms with Crippen LogP contribution in [0.15, 0.2) is 35.0 Å². The molecule has 2 aromatic heterocycles. The smallest absolute Gasteiger partial charge is 0.325 e. The Hall–Kier alpha value is -3.25. The summed E-state index contributed by atoms with van der Waals surface area (Å²) >= 11 is 1.10. The van der Waals surface area contributed by atoms with Crippen molar-refractivity contribution in [2.45, 2.75) is 32.6 Å². The highest BCUT2D eigenvalue weighted by Gasteiger charge is 2.22. The number of oxazole rings is 1. The third kappa shape index (κ3) is 4.97. The molecule has 0 saturated carbocycles. The summed E-state index contributed by atoms with van der Waals surface area (Å²) in [6.45, 7) is 6.19. The van der Waals surface area contributed by atoms with Crippen LogP contribution in [0.4, 0.5) is 24.4 Å². The number of nitrogens with zero attached hydrogens (tertiary/aromatic N) is 2. The minimum Gasteiger partial charge on any atom is -0.435 e. The summed E-state index contributed by atoms with van der Waals surface area (Å²) in [5.74, 6) is 4.98. The lowest BCUT2D eigenvalue weighted by Gasteiger charge is -2.17. The summed E-state index contributed by atoms with van der Waals surface area (Å²) in [6.07, 6.45) is 4.04. The lowest BCUT2D eigenvalue weighted by molar-refractivity contribution is 0.262. The Balaban J connectivity index is 1.65. The average Bonchev–Trinajstić information content (AvgIpc) is 3.33. The predicted molar refractivity (Wildman–Crippen MR) is 107 cm³/mol. The minimum atomic E-state index is -0.873. The summed E-state index contributed by atoms with van der Waals surface area (Å²) in [5.41, 5.74) is -0.657. The molecule has 3 aromatic rings. The fourth-order valence-corrected chi connectivity index (χ4v) is 2.85. The van der Waals surface area contributed by atoms with Crippen LogP contribution in [-0.4, -0.2) is 16.0 Å². The molecule has 0 bridgehead atoms. The fourth-order valence-electron chi connectivity index (χ4n) is 2.18.